The molecule has 2 aromatic carbocycles. The molecule has 3 heteroatoms. The van der Waals surface area contributed by atoms with Gasteiger partial charge in [-0.1, -0.05) is 31.2 Å². The van der Waals surface area contributed by atoms with Crippen molar-refractivity contribution >= 4 is 16.7 Å². The molecule has 1 aliphatic carbocycles. The number of ether oxygens (including phenoxy) is 1. The monoisotopic (exact) mass is 283 g/mol. The van der Waals surface area contributed by atoms with Crippen LogP contribution in [-0.4, -0.2) is 19.1 Å². The average Bonchev–Trinajstić information content (AvgIpc) is 3.25. The molecule has 21 heavy (non-hydrogen) atoms. The molecule has 1 saturated carbocycles. The SMILES string of the molecule is CCCC(=O)NC1CC1c1cccc2ccc(OC)cc12. The topological polar surface area (TPSA) is 38.3 Å². The van der Waals surface area contributed by atoms with E-state index in [2.05, 4.69) is 35.6 Å². The highest BCUT2D eigenvalue weighted by atomic mass is 16.5. The van der Waals surface area contributed by atoms with E-state index in [1.807, 2.05) is 13.0 Å². The fraction of sp³-hybridized carbons (Fsp3) is 0.389. The largest absolute Gasteiger partial charge is 0.497 e. The van der Waals surface area contributed by atoms with Gasteiger partial charge < -0.3 is 10.1 Å². The number of methoxy groups -OCH3 is 1. The molecule has 0 aromatic heterocycles. The quantitative estimate of drug-likeness (QED) is 0.910. The second-order valence-electron chi connectivity index (χ2n) is 5.70. The third kappa shape index (κ3) is 2.87. The first-order valence-corrected chi connectivity index (χ1v) is 7.59. The number of amides is 1. The van der Waals surface area contributed by atoms with Crippen molar-refractivity contribution in [1.29, 1.82) is 0 Å². The zero-order chi connectivity index (χ0) is 14.8. The lowest BCUT2D eigenvalue weighted by atomic mass is 10.0. The normalized spacial score (nSPS) is 20.3. The van der Waals surface area contributed by atoms with E-state index in [1.165, 1.54) is 16.3 Å². The third-order valence-electron chi connectivity index (χ3n) is 4.14. The Kier molecular flexibility index (Phi) is 3.82. The van der Waals surface area contributed by atoms with Crippen LogP contribution in [0.1, 0.15) is 37.7 Å². The Morgan fingerprint density at radius 2 is 2.19 bits per heavy atom. The first-order valence-electron chi connectivity index (χ1n) is 7.59. The van der Waals surface area contributed by atoms with E-state index >= 15 is 0 Å². The summed E-state index contributed by atoms with van der Waals surface area (Å²) in [6, 6.07) is 12.8. The molecule has 110 valence electrons. The molecule has 0 bridgehead atoms. The van der Waals surface area contributed by atoms with Gasteiger partial charge in [0.2, 0.25) is 5.91 Å². The molecule has 2 aromatic rings. The van der Waals surface area contributed by atoms with Crippen molar-refractivity contribution in [3.8, 4) is 5.75 Å². The molecule has 0 aliphatic heterocycles. The van der Waals surface area contributed by atoms with Gasteiger partial charge in [0.1, 0.15) is 5.75 Å². The molecule has 0 heterocycles. The molecule has 0 saturated heterocycles. The van der Waals surface area contributed by atoms with E-state index in [0.29, 0.717) is 18.4 Å². The summed E-state index contributed by atoms with van der Waals surface area (Å²) < 4.78 is 5.33. The van der Waals surface area contributed by atoms with Crippen LogP contribution in [0.3, 0.4) is 0 Å². The highest BCUT2D eigenvalue weighted by molar-refractivity contribution is 5.88. The number of carbonyl (C=O) groups excluding carboxylic acids is 1. The van der Waals surface area contributed by atoms with Crippen LogP contribution in [0.5, 0.6) is 5.75 Å². The number of benzene rings is 2. The molecule has 0 radical (unpaired) electrons. The maximum atomic E-state index is 11.7. The lowest BCUT2D eigenvalue weighted by Crippen LogP contribution is -2.25. The van der Waals surface area contributed by atoms with Gasteiger partial charge in [-0.3, -0.25) is 4.79 Å². The third-order valence-corrected chi connectivity index (χ3v) is 4.14. The van der Waals surface area contributed by atoms with Gasteiger partial charge in [0.25, 0.3) is 0 Å². The number of hydrogen-bond donors (Lipinski definition) is 1. The molecule has 0 spiro atoms. The maximum absolute atomic E-state index is 11.7. The van der Waals surface area contributed by atoms with Gasteiger partial charge in [0.05, 0.1) is 7.11 Å². The van der Waals surface area contributed by atoms with Crippen LogP contribution in [0.4, 0.5) is 0 Å². The second-order valence-corrected chi connectivity index (χ2v) is 5.70. The van der Waals surface area contributed by atoms with Gasteiger partial charge in [-0.15, -0.1) is 0 Å². The Morgan fingerprint density at radius 1 is 1.33 bits per heavy atom. The zero-order valence-corrected chi connectivity index (χ0v) is 12.6. The van der Waals surface area contributed by atoms with Crippen LogP contribution >= 0.6 is 0 Å². The fourth-order valence-electron chi connectivity index (χ4n) is 2.93. The molecule has 1 aliphatic rings. The number of fused-ring (bicyclic) bond motifs is 1. The summed E-state index contributed by atoms with van der Waals surface area (Å²) in [5, 5.41) is 5.58. The fourth-order valence-corrected chi connectivity index (χ4v) is 2.93. The Bertz CT molecular complexity index is 665. The van der Waals surface area contributed by atoms with Crippen LogP contribution < -0.4 is 10.1 Å². The van der Waals surface area contributed by atoms with E-state index in [0.717, 1.165) is 18.6 Å². The van der Waals surface area contributed by atoms with Crippen molar-refractivity contribution in [3.05, 3.63) is 42.0 Å². The van der Waals surface area contributed by atoms with E-state index in [9.17, 15) is 4.79 Å². The Morgan fingerprint density at radius 3 is 2.95 bits per heavy atom. The van der Waals surface area contributed by atoms with Crippen LogP contribution in [-0.2, 0) is 4.79 Å². The summed E-state index contributed by atoms with van der Waals surface area (Å²) in [6.07, 6.45) is 2.55. The summed E-state index contributed by atoms with van der Waals surface area (Å²) in [4.78, 5) is 11.7. The van der Waals surface area contributed by atoms with Gasteiger partial charge >= 0.3 is 0 Å². The van der Waals surface area contributed by atoms with E-state index in [1.54, 1.807) is 7.11 Å². The van der Waals surface area contributed by atoms with Gasteiger partial charge in [-0.05, 0) is 41.3 Å². The Balaban J connectivity index is 1.83. The number of nitrogens with one attached hydrogen (secondary N) is 1. The Hall–Kier alpha value is -2.03. The second kappa shape index (κ2) is 5.76. The van der Waals surface area contributed by atoms with E-state index in [-0.39, 0.29) is 5.91 Å². The predicted molar refractivity (Wildman–Crippen MR) is 84.7 cm³/mol. The summed E-state index contributed by atoms with van der Waals surface area (Å²) in [6.45, 7) is 2.03. The van der Waals surface area contributed by atoms with Crippen LogP contribution in [0, 0.1) is 0 Å². The molecular formula is C18H21NO2. The van der Waals surface area contributed by atoms with Crippen molar-refractivity contribution in [2.45, 2.75) is 38.1 Å². The van der Waals surface area contributed by atoms with Gasteiger partial charge in [-0.2, -0.15) is 0 Å². The predicted octanol–water partition coefficient (Wildman–Crippen LogP) is 3.62. The van der Waals surface area contributed by atoms with Crippen LogP contribution in [0.2, 0.25) is 0 Å². The average molecular weight is 283 g/mol. The van der Waals surface area contributed by atoms with Crippen molar-refractivity contribution < 1.29 is 9.53 Å². The highest BCUT2D eigenvalue weighted by Gasteiger charge is 2.40. The van der Waals surface area contributed by atoms with Gasteiger partial charge in [0, 0.05) is 18.4 Å². The molecule has 3 rings (SSSR count). The zero-order valence-electron chi connectivity index (χ0n) is 12.6. The molecule has 1 fully saturated rings. The number of carbonyl (C=O) groups is 1. The lowest BCUT2D eigenvalue weighted by molar-refractivity contribution is -0.121. The standard InChI is InChI=1S/C18H21NO2/c1-3-5-18(20)19-17-11-16(17)14-7-4-6-12-8-9-13(21-2)10-15(12)14/h4,6-10,16-17H,3,5,11H2,1-2H3,(H,19,20). The van der Waals surface area contributed by atoms with Gasteiger partial charge in [-0.25, -0.2) is 0 Å². The van der Waals surface area contributed by atoms with E-state index in [4.69, 9.17) is 4.74 Å². The summed E-state index contributed by atoms with van der Waals surface area (Å²) in [5.74, 6) is 1.48. The van der Waals surface area contributed by atoms with Gasteiger partial charge in [0.15, 0.2) is 0 Å². The minimum absolute atomic E-state index is 0.169. The van der Waals surface area contributed by atoms with Crippen molar-refractivity contribution in [3.63, 3.8) is 0 Å². The summed E-state index contributed by atoms with van der Waals surface area (Å²) in [5.41, 5.74) is 1.31. The molecule has 2 unspecified atom stereocenters. The highest BCUT2D eigenvalue weighted by Crippen LogP contribution is 2.44. The summed E-state index contributed by atoms with van der Waals surface area (Å²) in [7, 11) is 1.69. The first kappa shape index (κ1) is 13.9. The van der Waals surface area contributed by atoms with Crippen molar-refractivity contribution in [1.82, 2.24) is 5.32 Å². The summed E-state index contributed by atoms with van der Waals surface area (Å²) >= 11 is 0. The minimum Gasteiger partial charge on any atom is -0.497 e. The smallest absolute Gasteiger partial charge is 0.220 e. The first-order chi connectivity index (χ1) is 10.2. The van der Waals surface area contributed by atoms with Crippen molar-refractivity contribution in [2.75, 3.05) is 7.11 Å². The molecule has 1 N–H and O–H groups in total. The maximum Gasteiger partial charge on any atom is 0.220 e. The van der Waals surface area contributed by atoms with Crippen molar-refractivity contribution in [2.24, 2.45) is 0 Å². The Labute approximate surface area is 125 Å². The lowest BCUT2D eigenvalue weighted by Gasteiger charge is -2.09. The molecule has 3 nitrogen and oxygen atoms in total. The minimum atomic E-state index is 0.169. The molecule has 2 atom stereocenters. The molecular weight excluding hydrogens is 262 g/mol. The van der Waals surface area contributed by atoms with Crippen LogP contribution in [0.15, 0.2) is 36.4 Å². The van der Waals surface area contributed by atoms with Crippen LogP contribution in [0.25, 0.3) is 10.8 Å². The molecule has 1 amide bonds. The van der Waals surface area contributed by atoms with E-state index < -0.39 is 0 Å². The number of rotatable bonds is 5. The number of hydrogen-bond acceptors (Lipinski definition) is 2.